The summed E-state index contributed by atoms with van der Waals surface area (Å²) in [7, 11) is 0. The number of nitrogens with zero attached hydrogens (tertiary/aromatic N) is 2. The van der Waals surface area contributed by atoms with Crippen molar-refractivity contribution in [1.29, 1.82) is 0 Å². The van der Waals surface area contributed by atoms with Crippen LogP contribution in [0.15, 0.2) is 48.7 Å². The lowest BCUT2D eigenvalue weighted by Gasteiger charge is -2.11. The van der Waals surface area contributed by atoms with Gasteiger partial charge in [-0.1, -0.05) is 30.3 Å². The largest absolute Gasteiger partial charge is 0.488 e. The molecule has 3 nitrogen and oxygen atoms in total. The summed E-state index contributed by atoms with van der Waals surface area (Å²) >= 11 is 0. The maximum absolute atomic E-state index is 5.95. The number of ether oxygens (including phenoxy) is 1. The van der Waals surface area contributed by atoms with Crippen LogP contribution in [0.2, 0.25) is 0 Å². The van der Waals surface area contributed by atoms with E-state index in [2.05, 4.69) is 22.1 Å². The van der Waals surface area contributed by atoms with Crippen LogP contribution in [0.4, 0.5) is 0 Å². The van der Waals surface area contributed by atoms with Crippen molar-refractivity contribution in [1.82, 2.24) is 9.97 Å². The van der Waals surface area contributed by atoms with Crippen molar-refractivity contribution in [2.24, 2.45) is 0 Å². The second-order valence-corrected chi connectivity index (χ2v) is 4.83. The molecule has 0 atom stereocenters. The molecule has 2 aromatic heterocycles. The van der Waals surface area contributed by atoms with Crippen LogP contribution in [0.1, 0.15) is 17.0 Å². The molecule has 0 saturated carbocycles. The number of benzene rings is 1. The Morgan fingerprint density at radius 1 is 1.05 bits per heavy atom. The monoisotopic (exact) mass is 264 g/mol. The van der Waals surface area contributed by atoms with Gasteiger partial charge in [0.2, 0.25) is 0 Å². The second-order valence-electron chi connectivity index (χ2n) is 4.83. The lowest BCUT2D eigenvalue weighted by atomic mass is 10.1. The summed E-state index contributed by atoms with van der Waals surface area (Å²) in [5, 5.41) is 0.994. The molecule has 0 saturated heterocycles. The van der Waals surface area contributed by atoms with Crippen LogP contribution in [-0.2, 0) is 6.61 Å². The van der Waals surface area contributed by atoms with Crippen molar-refractivity contribution in [3.05, 3.63) is 65.6 Å². The van der Waals surface area contributed by atoms with Crippen LogP contribution >= 0.6 is 0 Å². The third-order valence-electron chi connectivity index (χ3n) is 3.23. The minimum atomic E-state index is 0.549. The van der Waals surface area contributed by atoms with Gasteiger partial charge in [0.1, 0.15) is 12.4 Å². The van der Waals surface area contributed by atoms with Crippen molar-refractivity contribution in [3.63, 3.8) is 0 Å². The molecule has 3 heteroatoms. The Bertz CT molecular complexity index is 739. The molecule has 0 N–H and O–H groups in total. The predicted octanol–water partition coefficient (Wildman–Crippen LogP) is 3.83. The van der Waals surface area contributed by atoms with E-state index in [0.717, 1.165) is 33.6 Å². The first kappa shape index (κ1) is 12.6. The van der Waals surface area contributed by atoms with Gasteiger partial charge in [-0.3, -0.25) is 9.97 Å². The average molecular weight is 264 g/mol. The van der Waals surface area contributed by atoms with Crippen molar-refractivity contribution in [3.8, 4) is 5.75 Å². The highest BCUT2D eigenvalue weighted by atomic mass is 16.5. The van der Waals surface area contributed by atoms with E-state index in [0.29, 0.717) is 6.61 Å². The minimum absolute atomic E-state index is 0.549. The summed E-state index contributed by atoms with van der Waals surface area (Å²) in [5.74, 6) is 0.837. The third kappa shape index (κ3) is 2.48. The first-order valence-corrected chi connectivity index (χ1v) is 6.64. The Hall–Kier alpha value is -2.42. The fourth-order valence-corrected chi connectivity index (χ4v) is 2.34. The molecule has 100 valence electrons. The summed E-state index contributed by atoms with van der Waals surface area (Å²) in [6, 6.07) is 14.0. The fourth-order valence-electron chi connectivity index (χ4n) is 2.34. The molecule has 0 spiro atoms. The molecule has 3 rings (SSSR count). The van der Waals surface area contributed by atoms with Crippen LogP contribution in [0.3, 0.4) is 0 Å². The van der Waals surface area contributed by atoms with Gasteiger partial charge in [0.05, 0.1) is 16.6 Å². The van der Waals surface area contributed by atoms with E-state index in [1.165, 1.54) is 0 Å². The molecule has 0 amide bonds. The number of fused-ring (bicyclic) bond motifs is 1. The first-order chi connectivity index (χ1) is 9.74. The molecule has 2 heterocycles. The Morgan fingerprint density at radius 3 is 2.65 bits per heavy atom. The molecule has 1 aromatic carbocycles. The number of pyridine rings is 2. The van der Waals surface area contributed by atoms with Crippen LogP contribution in [-0.4, -0.2) is 9.97 Å². The lowest BCUT2D eigenvalue weighted by Crippen LogP contribution is -1.98. The van der Waals surface area contributed by atoms with E-state index in [-0.39, 0.29) is 0 Å². The van der Waals surface area contributed by atoms with Crippen LogP contribution in [0.5, 0.6) is 5.75 Å². The maximum atomic E-state index is 5.95. The smallest absolute Gasteiger partial charge is 0.132 e. The standard InChI is InChI=1S/C17H16N2O/c1-12-10-15-17(13(2)19-12)16(8-9-18-15)20-11-14-6-4-3-5-7-14/h3-10H,11H2,1-2H3. The second kappa shape index (κ2) is 5.29. The summed E-state index contributed by atoms with van der Waals surface area (Å²) < 4.78 is 5.95. The van der Waals surface area contributed by atoms with Crippen molar-refractivity contribution < 1.29 is 4.74 Å². The Balaban J connectivity index is 1.96. The summed E-state index contributed by atoms with van der Waals surface area (Å²) in [4.78, 5) is 8.90. The molecule has 0 aliphatic carbocycles. The molecule has 0 radical (unpaired) electrons. The molecule has 0 aliphatic rings. The normalized spacial score (nSPS) is 10.7. The molecule has 3 aromatic rings. The highest BCUT2D eigenvalue weighted by Crippen LogP contribution is 2.27. The van der Waals surface area contributed by atoms with E-state index in [1.807, 2.05) is 44.2 Å². The number of aryl methyl sites for hydroxylation is 2. The molecule has 20 heavy (non-hydrogen) atoms. The Morgan fingerprint density at radius 2 is 1.85 bits per heavy atom. The zero-order chi connectivity index (χ0) is 13.9. The number of hydrogen-bond acceptors (Lipinski definition) is 3. The number of aromatic nitrogens is 2. The molecule has 0 bridgehead atoms. The third-order valence-corrected chi connectivity index (χ3v) is 3.23. The highest BCUT2D eigenvalue weighted by Gasteiger charge is 2.08. The predicted molar refractivity (Wildman–Crippen MR) is 79.8 cm³/mol. The van der Waals surface area contributed by atoms with Gasteiger partial charge >= 0.3 is 0 Å². The zero-order valence-corrected chi connectivity index (χ0v) is 11.6. The van der Waals surface area contributed by atoms with E-state index in [1.54, 1.807) is 6.20 Å². The summed E-state index contributed by atoms with van der Waals surface area (Å²) in [6.45, 7) is 4.52. The quantitative estimate of drug-likeness (QED) is 0.721. The van der Waals surface area contributed by atoms with E-state index in [9.17, 15) is 0 Å². The van der Waals surface area contributed by atoms with Gasteiger partial charge in [-0.25, -0.2) is 0 Å². The zero-order valence-electron chi connectivity index (χ0n) is 11.6. The van der Waals surface area contributed by atoms with Gasteiger partial charge in [-0.2, -0.15) is 0 Å². The Kier molecular flexibility index (Phi) is 3.33. The summed E-state index contributed by atoms with van der Waals surface area (Å²) in [5.41, 5.74) is 4.01. The van der Waals surface area contributed by atoms with E-state index in [4.69, 9.17) is 4.74 Å². The molecular weight excluding hydrogens is 248 g/mol. The van der Waals surface area contributed by atoms with E-state index < -0.39 is 0 Å². The van der Waals surface area contributed by atoms with Gasteiger partial charge in [0.25, 0.3) is 0 Å². The SMILES string of the molecule is Cc1cc2nccc(OCc3ccccc3)c2c(C)n1. The Labute approximate surface area is 118 Å². The van der Waals surface area contributed by atoms with Gasteiger partial charge in [-0.05, 0) is 31.5 Å². The van der Waals surface area contributed by atoms with Crippen LogP contribution in [0, 0.1) is 13.8 Å². The van der Waals surface area contributed by atoms with E-state index >= 15 is 0 Å². The first-order valence-electron chi connectivity index (χ1n) is 6.64. The minimum Gasteiger partial charge on any atom is -0.488 e. The number of rotatable bonds is 3. The van der Waals surface area contributed by atoms with Gasteiger partial charge < -0.3 is 4.74 Å². The number of hydrogen-bond donors (Lipinski definition) is 0. The van der Waals surface area contributed by atoms with Gasteiger partial charge in [0.15, 0.2) is 0 Å². The van der Waals surface area contributed by atoms with Crippen molar-refractivity contribution >= 4 is 10.9 Å². The fraction of sp³-hybridized carbons (Fsp3) is 0.176. The molecule has 0 fully saturated rings. The van der Waals surface area contributed by atoms with Crippen LogP contribution < -0.4 is 4.74 Å². The topological polar surface area (TPSA) is 35.0 Å². The lowest BCUT2D eigenvalue weighted by molar-refractivity contribution is 0.309. The van der Waals surface area contributed by atoms with Gasteiger partial charge in [0, 0.05) is 11.9 Å². The average Bonchev–Trinajstić information content (AvgIpc) is 2.45. The van der Waals surface area contributed by atoms with Crippen molar-refractivity contribution in [2.45, 2.75) is 20.5 Å². The molecule has 0 aliphatic heterocycles. The highest BCUT2D eigenvalue weighted by molar-refractivity contribution is 5.87. The molecular formula is C17H16N2O. The van der Waals surface area contributed by atoms with Crippen LogP contribution in [0.25, 0.3) is 10.9 Å². The summed E-state index contributed by atoms with van der Waals surface area (Å²) in [6.07, 6.45) is 1.78. The van der Waals surface area contributed by atoms with Gasteiger partial charge in [-0.15, -0.1) is 0 Å². The maximum Gasteiger partial charge on any atom is 0.132 e. The molecule has 0 unspecified atom stereocenters. The van der Waals surface area contributed by atoms with Crippen molar-refractivity contribution in [2.75, 3.05) is 0 Å².